The Bertz CT molecular complexity index is 703. The first-order valence-corrected chi connectivity index (χ1v) is 9.09. The van der Waals surface area contributed by atoms with Crippen molar-refractivity contribution in [2.45, 2.75) is 52.5 Å². The largest absolute Gasteiger partial charge is 0.334 e. The molecule has 1 amide bonds. The number of aromatic nitrogens is 3. The van der Waals surface area contributed by atoms with Gasteiger partial charge in [0.05, 0.1) is 17.2 Å². The second-order valence-electron chi connectivity index (χ2n) is 6.87. The topological polar surface area (TPSA) is 61.9 Å². The Morgan fingerprint density at radius 2 is 2.30 bits per heavy atom. The van der Waals surface area contributed by atoms with Crippen LogP contribution >= 0.6 is 11.3 Å². The van der Waals surface area contributed by atoms with E-state index < -0.39 is 0 Å². The lowest BCUT2D eigenvalue weighted by Crippen LogP contribution is -2.28. The van der Waals surface area contributed by atoms with Crippen LogP contribution in [-0.4, -0.2) is 33.0 Å². The van der Waals surface area contributed by atoms with Crippen LogP contribution in [0.5, 0.6) is 0 Å². The van der Waals surface area contributed by atoms with Crippen LogP contribution in [0.15, 0.2) is 5.38 Å². The molecule has 2 aromatic heterocycles. The van der Waals surface area contributed by atoms with Crippen molar-refractivity contribution in [1.29, 1.82) is 0 Å². The van der Waals surface area contributed by atoms with Crippen LogP contribution in [-0.2, 0) is 19.4 Å². The number of carbonyl (C=O) groups is 1. The van der Waals surface area contributed by atoms with Gasteiger partial charge >= 0.3 is 0 Å². The Morgan fingerprint density at radius 1 is 1.52 bits per heavy atom. The lowest BCUT2D eigenvalue weighted by Gasteiger charge is -2.20. The van der Waals surface area contributed by atoms with Crippen LogP contribution in [0.2, 0.25) is 0 Å². The molecule has 1 N–H and O–H groups in total. The average molecular weight is 332 g/mol. The summed E-state index contributed by atoms with van der Waals surface area (Å²) in [5, 5.41) is 10.5. The number of rotatable bonds is 4. The Hall–Kier alpha value is -1.69. The fourth-order valence-corrected chi connectivity index (χ4v) is 3.83. The van der Waals surface area contributed by atoms with Gasteiger partial charge in [0.1, 0.15) is 0 Å². The maximum Gasteiger partial charge on any atom is 0.274 e. The van der Waals surface area contributed by atoms with E-state index in [0.29, 0.717) is 24.1 Å². The third-order valence-corrected chi connectivity index (χ3v) is 5.60. The molecular formula is C17H24N4OS. The molecule has 124 valence electrons. The monoisotopic (exact) mass is 332 g/mol. The number of nitrogens with zero attached hydrogens (tertiary/aromatic N) is 3. The zero-order valence-corrected chi connectivity index (χ0v) is 15.0. The summed E-state index contributed by atoms with van der Waals surface area (Å²) in [5.74, 6) is 1.02. The van der Waals surface area contributed by atoms with E-state index in [0.717, 1.165) is 41.2 Å². The molecule has 6 heteroatoms. The van der Waals surface area contributed by atoms with Crippen molar-refractivity contribution >= 4 is 17.2 Å². The number of amides is 1. The summed E-state index contributed by atoms with van der Waals surface area (Å²) in [6.07, 6.45) is 3.09. The summed E-state index contributed by atoms with van der Waals surface area (Å²) >= 11 is 1.66. The lowest BCUT2D eigenvalue weighted by molar-refractivity contribution is 0.0776. The molecule has 1 aliphatic carbocycles. The second-order valence-corrected chi connectivity index (χ2v) is 7.76. The van der Waals surface area contributed by atoms with Gasteiger partial charge in [0.25, 0.3) is 5.91 Å². The Balaban J connectivity index is 1.73. The molecule has 2 heterocycles. The highest BCUT2D eigenvalue weighted by atomic mass is 32.1. The van der Waals surface area contributed by atoms with Crippen molar-refractivity contribution < 1.29 is 4.79 Å². The van der Waals surface area contributed by atoms with Crippen molar-refractivity contribution in [2.75, 3.05) is 7.05 Å². The van der Waals surface area contributed by atoms with E-state index in [-0.39, 0.29) is 5.91 Å². The third-order valence-electron chi connectivity index (χ3n) is 4.40. The highest BCUT2D eigenvalue weighted by Crippen LogP contribution is 2.27. The van der Waals surface area contributed by atoms with E-state index >= 15 is 0 Å². The summed E-state index contributed by atoms with van der Waals surface area (Å²) < 4.78 is 0. The maximum absolute atomic E-state index is 12.7. The van der Waals surface area contributed by atoms with Crippen molar-refractivity contribution in [2.24, 2.45) is 5.92 Å². The molecule has 0 saturated carbocycles. The molecule has 0 saturated heterocycles. The number of hydrogen-bond donors (Lipinski definition) is 1. The van der Waals surface area contributed by atoms with Crippen LogP contribution in [0.1, 0.15) is 65.6 Å². The molecule has 0 spiro atoms. The molecular weight excluding hydrogens is 308 g/mol. The van der Waals surface area contributed by atoms with E-state index in [1.165, 1.54) is 0 Å². The summed E-state index contributed by atoms with van der Waals surface area (Å²) in [6.45, 7) is 7.03. The van der Waals surface area contributed by atoms with Crippen LogP contribution in [0.4, 0.5) is 0 Å². The van der Waals surface area contributed by atoms with E-state index in [1.807, 2.05) is 12.4 Å². The molecule has 0 fully saturated rings. The minimum atomic E-state index is -0.0179. The fourth-order valence-electron chi connectivity index (χ4n) is 3.00. The van der Waals surface area contributed by atoms with Gasteiger partial charge in [0, 0.05) is 29.6 Å². The quantitative estimate of drug-likeness (QED) is 0.933. The first-order valence-electron chi connectivity index (χ1n) is 8.21. The average Bonchev–Trinajstić information content (AvgIpc) is 3.12. The van der Waals surface area contributed by atoms with Crippen molar-refractivity contribution in [1.82, 2.24) is 20.1 Å². The second kappa shape index (κ2) is 6.43. The van der Waals surface area contributed by atoms with Gasteiger partial charge in [0.2, 0.25) is 0 Å². The molecule has 1 unspecified atom stereocenters. The van der Waals surface area contributed by atoms with E-state index in [4.69, 9.17) is 0 Å². The molecule has 0 aliphatic heterocycles. The number of thiazole rings is 1. The highest BCUT2D eigenvalue weighted by Gasteiger charge is 2.26. The van der Waals surface area contributed by atoms with Gasteiger partial charge in [-0.3, -0.25) is 9.89 Å². The van der Waals surface area contributed by atoms with Crippen LogP contribution in [0.25, 0.3) is 0 Å². The maximum atomic E-state index is 12.7. The van der Waals surface area contributed by atoms with Gasteiger partial charge in [-0.1, -0.05) is 20.8 Å². The number of fused-ring (bicyclic) bond motifs is 1. The van der Waals surface area contributed by atoms with Gasteiger partial charge in [-0.2, -0.15) is 5.10 Å². The molecule has 3 rings (SSSR count). The number of carbonyl (C=O) groups excluding carboxylic acids is 1. The zero-order chi connectivity index (χ0) is 16.6. The minimum Gasteiger partial charge on any atom is -0.334 e. The summed E-state index contributed by atoms with van der Waals surface area (Å²) in [7, 11) is 1.82. The highest BCUT2D eigenvalue weighted by molar-refractivity contribution is 7.09. The van der Waals surface area contributed by atoms with Crippen molar-refractivity contribution in [3.8, 4) is 0 Å². The first-order chi connectivity index (χ1) is 11.0. The Labute approximate surface area is 141 Å². The molecule has 0 radical (unpaired) electrons. The van der Waals surface area contributed by atoms with Gasteiger partial charge in [-0.15, -0.1) is 11.3 Å². The number of aromatic amines is 1. The predicted molar refractivity (Wildman–Crippen MR) is 91.8 cm³/mol. The first kappa shape index (κ1) is 16.2. The molecule has 1 atom stereocenters. The zero-order valence-electron chi connectivity index (χ0n) is 14.2. The van der Waals surface area contributed by atoms with Crippen molar-refractivity contribution in [3.63, 3.8) is 0 Å². The minimum absolute atomic E-state index is 0.0179. The summed E-state index contributed by atoms with van der Waals surface area (Å²) in [4.78, 5) is 19.1. The van der Waals surface area contributed by atoms with Gasteiger partial charge < -0.3 is 4.90 Å². The molecule has 23 heavy (non-hydrogen) atoms. The number of H-pyrrole nitrogens is 1. The van der Waals surface area contributed by atoms with Crippen molar-refractivity contribution in [3.05, 3.63) is 33.0 Å². The van der Waals surface area contributed by atoms with Gasteiger partial charge in [-0.25, -0.2) is 4.98 Å². The molecule has 0 bridgehead atoms. The number of hydrogen-bond acceptors (Lipinski definition) is 4. The molecule has 1 aliphatic rings. The Morgan fingerprint density at radius 3 is 3.00 bits per heavy atom. The van der Waals surface area contributed by atoms with Gasteiger partial charge in [-0.05, 0) is 25.2 Å². The molecule has 5 nitrogen and oxygen atoms in total. The molecule has 0 aromatic carbocycles. The SMILES string of the molecule is CC1CCc2[nH]nc(C(=O)N(C)Cc3csc(C(C)C)n3)c2C1. The number of nitrogens with one attached hydrogen (secondary N) is 1. The molecule has 2 aromatic rings. The predicted octanol–water partition coefficient (Wildman–Crippen LogP) is 3.39. The van der Waals surface area contributed by atoms with E-state index in [1.54, 1.807) is 16.2 Å². The third kappa shape index (κ3) is 3.32. The summed E-state index contributed by atoms with van der Waals surface area (Å²) in [5.41, 5.74) is 3.79. The van der Waals surface area contributed by atoms with E-state index in [2.05, 4.69) is 36.0 Å². The summed E-state index contributed by atoms with van der Waals surface area (Å²) in [6, 6.07) is 0. The smallest absolute Gasteiger partial charge is 0.274 e. The normalized spacial score (nSPS) is 17.3. The standard InChI is InChI=1S/C17H24N4OS/c1-10(2)16-18-12(9-23-16)8-21(4)17(22)15-13-7-11(3)5-6-14(13)19-20-15/h9-11H,5-8H2,1-4H3,(H,19,20). The van der Waals surface area contributed by atoms with Gasteiger partial charge in [0.15, 0.2) is 5.69 Å². The van der Waals surface area contributed by atoms with Crippen LogP contribution < -0.4 is 0 Å². The Kier molecular flexibility index (Phi) is 4.53. The lowest BCUT2D eigenvalue weighted by atomic mass is 9.87. The van der Waals surface area contributed by atoms with Crippen LogP contribution in [0, 0.1) is 5.92 Å². The van der Waals surface area contributed by atoms with Crippen LogP contribution in [0.3, 0.4) is 0 Å². The van der Waals surface area contributed by atoms with E-state index in [9.17, 15) is 4.79 Å². The fraction of sp³-hybridized carbons (Fsp3) is 0.588. The number of aryl methyl sites for hydroxylation is 1.